The standard InChI is InChI=1S/C23H24N4OS/c28-23(26-11-9-25(10-12-26)15-18-5-2-1-3-6-18)20-13-21(19-7-4-8-24-14-19)27-17-29-16-22(20)27/h1-8,13-14H,9-12,15-17H2. The Hall–Kier alpha value is -2.57. The Labute approximate surface area is 175 Å². The van der Waals surface area contributed by atoms with Crippen LogP contribution in [0.25, 0.3) is 11.3 Å². The number of fused-ring (bicyclic) bond motifs is 1. The van der Waals surface area contributed by atoms with Crippen LogP contribution in [0.1, 0.15) is 21.6 Å². The van der Waals surface area contributed by atoms with Crippen molar-refractivity contribution in [2.45, 2.75) is 18.2 Å². The molecular formula is C23H24N4OS. The molecule has 0 atom stereocenters. The summed E-state index contributed by atoms with van der Waals surface area (Å²) in [6.07, 6.45) is 3.66. The van der Waals surface area contributed by atoms with Gasteiger partial charge in [0.15, 0.2) is 0 Å². The van der Waals surface area contributed by atoms with Crippen LogP contribution in [0.3, 0.4) is 0 Å². The number of carbonyl (C=O) groups excluding carboxylic acids is 1. The molecule has 1 fully saturated rings. The van der Waals surface area contributed by atoms with Crippen LogP contribution in [0.15, 0.2) is 60.9 Å². The summed E-state index contributed by atoms with van der Waals surface area (Å²) >= 11 is 1.86. The minimum atomic E-state index is 0.172. The first-order valence-electron chi connectivity index (χ1n) is 10.1. The smallest absolute Gasteiger partial charge is 0.255 e. The highest BCUT2D eigenvalue weighted by molar-refractivity contribution is 7.97. The third-order valence-electron chi connectivity index (χ3n) is 5.76. The number of aromatic nitrogens is 2. The van der Waals surface area contributed by atoms with Gasteiger partial charge in [0.25, 0.3) is 5.91 Å². The van der Waals surface area contributed by atoms with Gasteiger partial charge >= 0.3 is 0 Å². The van der Waals surface area contributed by atoms with Crippen LogP contribution in [0.4, 0.5) is 0 Å². The van der Waals surface area contributed by atoms with Crippen molar-refractivity contribution < 1.29 is 4.79 Å². The summed E-state index contributed by atoms with van der Waals surface area (Å²) in [5, 5.41) is 0. The van der Waals surface area contributed by atoms with E-state index in [1.807, 2.05) is 28.9 Å². The molecule has 2 aliphatic heterocycles. The molecule has 5 rings (SSSR count). The van der Waals surface area contributed by atoms with E-state index in [1.165, 1.54) is 5.56 Å². The Morgan fingerprint density at radius 3 is 2.62 bits per heavy atom. The van der Waals surface area contributed by atoms with Gasteiger partial charge < -0.3 is 9.47 Å². The zero-order valence-corrected chi connectivity index (χ0v) is 17.1. The molecule has 3 aromatic rings. The van der Waals surface area contributed by atoms with E-state index in [0.29, 0.717) is 0 Å². The number of carbonyl (C=O) groups is 1. The lowest BCUT2D eigenvalue weighted by Crippen LogP contribution is -2.48. The molecule has 0 saturated carbocycles. The van der Waals surface area contributed by atoms with E-state index in [1.54, 1.807) is 6.20 Å². The van der Waals surface area contributed by atoms with Crippen LogP contribution < -0.4 is 0 Å². The monoisotopic (exact) mass is 404 g/mol. The highest BCUT2D eigenvalue weighted by Crippen LogP contribution is 2.35. The van der Waals surface area contributed by atoms with Gasteiger partial charge in [-0.25, -0.2) is 0 Å². The summed E-state index contributed by atoms with van der Waals surface area (Å²) < 4.78 is 2.28. The molecule has 2 aromatic heterocycles. The zero-order valence-electron chi connectivity index (χ0n) is 16.3. The molecule has 6 heteroatoms. The maximum atomic E-state index is 13.3. The predicted molar refractivity (Wildman–Crippen MR) is 117 cm³/mol. The van der Waals surface area contributed by atoms with E-state index in [9.17, 15) is 4.79 Å². The molecule has 1 aromatic carbocycles. The molecule has 2 aliphatic rings. The minimum absolute atomic E-state index is 0.172. The molecule has 5 nitrogen and oxygen atoms in total. The average molecular weight is 405 g/mol. The summed E-state index contributed by atoms with van der Waals surface area (Å²) in [5.74, 6) is 1.97. The topological polar surface area (TPSA) is 41.4 Å². The van der Waals surface area contributed by atoms with E-state index in [-0.39, 0.29) is 5.91 Å². The molecule has 0 radical (unpaired) electrons. The molecule has 1 amide bonds. The minimum Gasteiger partial charge on any atom is -0.336 e. The Morgan fingerprint density at radius 1 is 1.03 bits per heavy atom. The first-order valence-corrected chi connectivity index (χ1v) is 11.2. The lowest BCUT2D eigenvalue weighted by atomic mass is 10.1. The van der Waals surface area contributed by atoms with Crippen molar-refractivity contribution in [3.63, 3.8) is 0 Å². The summed E-state index contributed by atoms with van der Waals surface area (Å²) in [5.41, 5.74) is 5.53. The van der Waals surface area contributed by atoms with Crippen LogP contribution in [0.5, 0.6) is 0 Å². The van der Waals surface area contributed by atoms with Crippen LogP contribution >= 0.6 is 11.8 Å². The van der Waals surface area contributed by atoms with Crippen molar-refractivity contribution in [2.75, 3.05) is 26.2 Å². The van der Waals surface area contributed by atoms with Gasteiger partial charge in [0, 0.05) is 62.1 Å². The molecular weight excluding hydrogens is 380 g/mol. The fourth-order valence-corrected chi connectivity index (χ4v) is 5.26. The van der Waals surface area contributed by atoms with Crippen LogP contribution in [0, 0.1) is 0 Å². The molecule has 1 saturated heterocycles. The molecule has 0 bridgehead atoms. The van der Waals surface area contributed by atoms with E-state index < -0.39 is 0 Å². The molecule has 0 N–H and O–H groups in total. The van der Waals surface area contributed by atoms with Gasteiger partial charge in [-0.2, -0.15) is 0 Å². The second kappa shape index (κ2) is 8.05. The molecule has 0 aliphatic carbocycles. The number of amides is 1. The van der Waals surface area contributed by atoms with Crippen molar-refractivity contribution in [1.82, 2.24) is 19.4 Å². The Balaban J connectivity index is 1.31. The number of benzene rings is 1. The largest absolute Gasteiger partial charge is 0.336 e. The van der Waals surface area contributed by atoms with Gasteiger partial charge in [0.1, 0.15) is 0 Å². The van der Waals surface area contributed by atoms with E-state index in [0.717, 1.165) is 66.9 Å². The highest BCUT2D eigenvalue weighted by atomic mass is 32.2. The summed E-state index contributed by atoms with van der Waals surface area (Å²) in [6, 6.07) is 16.6. The molecule has 0 unspecified atom stereocenters. The van der Waals surface area contributed by atoms with Crippen LogP contribution in [-0.2, 0) is 18.2 Å². The number of hydrogen-bond acceptors (Lipinski definition) is 4. The van der Waals surface area contributed by atoms with Crippen molar-refractivity contribution in [3.8, 4) is 11.3 Å². The lowest BCUT2D eigenvalue weighted by molar-refractivity contribution is 0.0627. The predicted octanol–water partition coefficient (Wildman–Crippen LogP) is 3.71. The van der Waals surface area contributed by atoms with E-state index >= 15 is 0 Å². The highest BCUT2D eigenvalue weighted by Gasteiger charge is 2.29. The molecule has 148 valence electrons. The van der Waals surface area contributed by atoms with Crippen LogP contribution in [-0.4, -0.2) is 51.4 Å². The Morgan fingerprint density at radius 2 is 1.86 bits per heavy atom. The summed E-state index contributed by atoms with van der Waals surface area (Å²) in [6.45, 7) is 4.35. The van der Waals surface area contributed by atoms with E-state index in [4.69, 9.17) is 0 Å². The third-order valence-corrected chi connectivity index (χ3v) is 6.68. The number of hydrogen-bond donors (Lipinski definition) is 0. The lowest BCUT2D eigenvalue weighted by Gasteiger charge is -2.34. The Kier molecular flexibility index (Phi) is 5.12. The fourth-order valence-electron chi connectivity index (χ4n) is 4.19. The number of rotatable bonds is 4. The zero-order chi connectivity index (χ0) is 19.6. The van der Waals surface area contributed by atoms with Gasteiger partial charge in [-0.05, 0) is 23.8 Å². The maximum absolute atomic E-state index is 13.3. The third kappa shape index (κ3) is 3.70. The summed E-state index contributed by atoms with van der Waals surface area (Å²) in [7, 11) is 0. The Bertz CT molecular complexity index is 994. The molecule has 4 heterocycles. The number of piperazine rings is 1. The number of thioether (sulfide) groups is 1. The first kappa shape index (κ1) is 18.5. The average Bonchev–Trinajstić information content (AvgIpc) is 3.38. The number of pyridine rings is 1. The van der Waals surface area contributed by atoms with Crippen molar-refractivity contribution in [3.05, 3.63) is 77.7 Å². The fraction of sp³-hybridized carbons (Fsp3) is 0.304. The van der Waals surface area contributed by atoms with E-state index in [2.05, 4.69) is 56.9 Å². The molecule has 29 heavy (non-hydrogen) atoms. The first-order chi connectivity index (χ1) is 14.3. The molecule has 0 spiro atoms. The van der Waals surface area contributed by atoms with Gasteiger partial charge in [-0.15, -0.1) is 11.8 Å². The SMILES string of the molecule is O=C(c1cc(-c2cccnc2)n2c1CSC2)N1CCN(Cc2ccccc2)CC1. The summed E-state index contributed by atoms with van der Waals surface area (Å²) in [4.78, 5) is 22.0. The normalized spacial score (nSPS) is 16.8. The quantitative estimate of drug-likeness (QED) is 0.665. The van der Waals surface area contributed by atoms with Crippen molar-refractivity contribution >= 4 is 17.7 Å². The van der Waals surface area contributed by atoms with Gasteiger partial charge in [-0.3, -0.25) is 14.7 Å². The van der Waals surface area contributed by atoms with Crippen LogP contribution in [0.2, 0.25) is 0 Å². The number of nitrogens with zero attached hydrogens (tertiary/aromatic N) is 4. The second-order valence-electron chi connectivity index (χ2n) is 7.59. The van der Waals surface area contributed by atoms with Gasteiger partial charge in [0.2, 0.25) is 0 Å². The van der Waals surface area contributed by atoms with Crippen molar-refractivity contribution in [2.24, 2.45) is 0 Å². The van der Waals surface area contributed by atoms with Crippen molar-refractivity contribution in [1.29, 1.82) is 0 Å². The second-order valence-corrected chi connectivity index (χ2v) is 8.55. The maximum Gasteiger partial charge on any atom is 0.255 e. The van der Waals surface area contributed by atoms with Gasteiger partial charge in [-0.1, -0.05) is 30.3 Å². The van der Waals surface area contributed by atoms with Gasteiger partial charge in [0.05, 0.1) is 17.1 Å².